The van der Waals surface area contributed by atoms with Crippen LogP contribution in [0.2, 0.25) is 0 Å². The van der Waals surface area contributed by atoms with Crippen LogP contribution in [0.4, 0.5) is 5.69 Å². The summed E-state index contributed by atoms with van der Waals surface area (Å²) >= 11 is 0. The van der Waals surface area contributed by atoms with E-state index in [2.05, 4.69) is 18.9 Å². The number of benzene rings is 1. The number of carbonyl (C=O) groups excluding carboxylic acids is 1. The molecule has 0 bridgehead atoms. The van der Waals surface area contributed by atoms with Crippen LogP contribution in [-0.4, -0.2) is 21.0 Å². The molecule has 6 nitrogen and oxygen atoms in total. The summed E-state index contributed by atoms with van der Waals surface area (Å²) < 4.78 is 1.78. The van der Waals surface area contributed by atoms with E-state index < -0.39 is 4.92 Å². The molecule has 0 unspecified atom stereocenters. The Bertz CT molecular complexity index is 660. The third kappa shape index (κ3) is 2.99. The van der Waals surface area contributed by atoms with E-state index in [0.717, 1.165) is 19.1 Å². The van der Waals surface area contributed by atoms with E-state index >= 15 is 0 Å². The molecule has 0 saturated heterocycles. The maximum absolute atomic E-state index is 11.2. The molecule has 1 aromatic carbocycles. The molecule has 0 saturated carbocycles. The molecule has 1 heterocycles. The van der Waals surface area contributed by atoms with Crippen LogP contribution < -0.4 is 0 Å². The first kappa shape index (κ1) is 14.9. The number of nitro benzene ring substituents is 1. The highest BCUT2D eigenvalue weighted by molar-refractivity contribution is 5.85. The van der Waals surface area contributed by atoms with Crippen molar-refractivity contribution in [2.45, 2.75) is 32.7 Å². The van der Waals surface area contributed by atoms with Gasteiger partial charge in [0.05, 0.1) is 16.5 Å². The molecule has 0 aliphatic heterocycles. The first-order chi connectivity index (χ1) is 10.1. The molecule has 110 valence electrons. The minimum Gasteiger partial charge on any atom is -0.298 e. The van der Waals surface area contributed by atoms with Crippen molar-refractivity contribution in [1.29, 1.82) is 0 Å². The second kappa shape index (κ2) is 6.30. The van der Waals surface area contributed by atoms with Gasteiger partial charge in [0.2, 0.25) is 0 Å². The minimum absolute atomic E-state index is 0.0126. The Hall–Kier alpha value is -2.50. The maximum atomic E-state index is 11.2. The lowest BCUT2D eigenvalue weighted by Crippen LogP contribution is -2.07. The van der Waals surface area contributed by atoms with Gasteiger partial charge in [0.25, 0.3) is 5.69 Å². The molecule has 6 heteroatoms. The first-order valence-corrected chi connectivity index (χ1v) is 6.89. The van der Waals surface area contributed by atoms with Crippen molar-refractivity contribution in [2.75, 3.05) is 0 Å². The van der Waals surface area contributed by atoms with E-state index in [1.54, 1.807) is 23.0 Å². The van der Waals surface area contributed by atoms with Gasteiger partial charge in [-0.05, 0) is 12.8 Å². The quantitative estimate of drug-likeness (QED) is 0.461. The van der Waals surface area contributed by atoms with E-state index in [1.807, 2.05) is 0 Å². The van der Waals surface area contributed by atoms with Crippen LogP contribution >= 0.6 is 0 Å². The van der Waals surface area contributed by atoms with Gasteiger partial charge in [-0.3, -0.25) is 19.6 Å². The largest absolute Gasteiger partial charge is 0.298 e. The smallest absolute Gasteiger partial charge is 0.270 e. The second-order valence-electron chi connectivity index (χ2n) is 4.81. The number of nitro groups is 1. The molecular formula is C15H17N3O3. The molecule has 0 N–H and O–H groups in total. The summed E-state index contributed by atoms with van der Waals surface area (Å²) in [5, 5.41) is 15.3. The van der Waals surface area contributed by atoms with Crippen molar-refractivity contribution in [2.24, 2.45) is 0 Å². The lowest BCUT2D eigenvalue weighted by molar-refractivity contribution is -0.384. The van der Waals surface area contributed by atoms with Crippen molar-refractivity contribution >= 4 is 12.0 Å². The Labute approximate surface area is 122 Å². The van der Waals surface area contributed by atoms with Gasteiger partial charge in [-0.15, -0.1) is 0 Å². The average molecular weight is 287 g/mol. The molecule has 0 spiro atoms. The van der Waals surface area contributed by atoms with Gasteiger partial charge in [0.15, 0.2) is 6.29 Å². The highest BCUT2D eigenvalue weighted by atomic mass is 16.6. The molecule has 0 fully saturated rings. The zero-order valence-corrected chi connectivity index (χ0v) is 12.0. The van der Waals surface area contributed by atoms with Crippen LogP contribution in [0.3, 0.4) is 0 Å². The summed E-state index contributed by atoms with van der Waals surface area (Å²) in [5.74, 6) is 0. The number of hydrogen-bond acceptors (Lipinski definition) is 4. The standard InChI is InChI=1S/C15H17N3O3/c1-3-13(4-2)17-9-12(10-19)15(16-17)11-6-5-7-14(8-11)18(20)21/h5-10,13H,3-4H2,1-2H3. The number of aldehydes is 1. The van der Waals surface area contributed by atoms with Gasteiger partial charge >= 0.3 is 0 Å². The van der Waals surface area contributed by atoms with Gasteiger partial charge in [-0.1, -0.05) is 26.0 Å². The fraction of sp³-hybridized carbons (Fsp3) is 0.333. The number of nitrogens with zero attached hydrogens (tertiary/aromatic N) is 3. The molecular weight excluding hydrogens is 270 g/mol. The van der Waals surface area contributed by atoms with Gasteiger partial charge in [-0.25, -0.2) is 0 Å². The summed E-state index contributed by atoms with van der Waals surface area (Å²) in [6.45, 7) is 4.12. The number of hydrogen-bond donors (Lipinski definition) is 0. The van der Waals surface area contributed by atoms with E-state index in [0.29, 0.717) is 16.8 Å². The van der Waals surface area contributed by atoms with Gasteiger partial charge < -0.3 is 0 Å². The third-order valence-electron chi connectivity index (χ3n) is 3.53. The topological polar surface area (TPSA) is 78.0 Å². The Morgan fingerprint density at radius 3 is 2.67 bits per heavy atom. The first-order valence-electron chi connectivity index (χ1n) is 6.89. The minimum atomic E-state index is -0.456. The molecule has 0 radical (unpaired) electrons. The Morgan fingerprint density at radius 1 is 1.38 bits per heavy atom. The van der Waals surface area contributed by atoms with Crippen molar-refractivity contribution in [1.82, 2.24) is 9.78 Å². The Morgan fingerprint density at radius 2 is 2.10 bits per heavy atom. The highest BCUT2D eigenvalue weighted by Gasteiger charge is 2.16. The SMILES string of the molecule is CCC(CC)n1cc(C=O)c(-c2cccc([N+](=O)[O-])c2)n1. The van der Waals surface area contributed by atoms with E-state index in [-0.39, 0.29) is 11.7 Å². The summed E-state index contributed by atoms with van der Waals surface area (Å²) in [4.78, 5) is 21.6. The number of aromatic nitrogens is 2. The molecule has 0 amide bonds. The maximum Gasteiger partial charge on any atom is 0.270 e. The summed E-state index contributed by atoms with van der Waals surface area (Å²) in [6, 6.07) is 6.39. The molecule has 2 rings (SSSR count). The lowest BCUT2D eigenvalue weighted by Gasteiger charge is -2.12. The normalized spacial score (nSPS) is 10.8. The second-order valence-corrected chi connectivity index (χ2v) is 4.81. The monoisotopic (exact) mass is 287 g/mol. The van der Waals surface area contributed by atoms with Crippen molar-refractivity contribution in [3.63, 3.8) is 0 Å². The van der Waals surface area contributed by atoms with E-state index in [4.69, 9.17) is 0 Å². The predicted molar refractivity (Wildman–Crippen MR) is 79.3 cm³/mol. The lowest BCUT2D eigenvalue weighted by atomic mass is 10.1. The van der Waals surface area contributed by atoms with Crippen molar-refractivity contribution < 1.29 is 9.72 Å². The number of non-ortho nitro benzene ring substituents is 1. The van der Waals surface area contributed by atoms with Crippen LogP contribution in [0.25, 0.3) is 11.3 Å². The van der Waals surface area contributed by atoms with Crippen LogP contribution in [0, 0.1) is 10.1 Å². The van der Waals surface area contributed by atoms with Crippen molar-refractivity contribution in [3.05, 3.63) is 46.1 Å². The van der Waals surface area contributed by atoms with Crippen LogP contribution in [0.15, 0.2) is 30.5 Å². The summed E-state index contributed by atoms with van der Waals surface area (Å²) in [5.41, 5.74) is 1.50. The third-order valence-corrected chi connectivity index (χ3v) is 3.53. The van der Waals surface area contributed by atoms with Gasteiger partial charge in [0, 0.05) is 23.9 Å². The molecule has 0 aliphatic carbocycles. The fourth-order valence-corrected chi connectivity index (χ4v) is 2.33. The molecule has 0 atom stereocenters. The molecule has 0 aliphatic rings. The van der Waals surface area contributed by atoms with Gasteiger partial charge in [-0.2, -0.15) is 5.10 Å². The highest BCUT2D eigenvalue weighted by Crippen LogP contribution is 2.27. The molecule has 21 heavy (non-hydrogen) atoms. The van der Waals surface area contributed by atoms with Crippen LogP contribution in [0.5, 0.6) is 0 Å². The van der Waals surface area contributed by atoms with E-state index in [1.165, 1.54) is 12.1 Å². The fourth-order valence-electron chi connectivity index (χ4n) is 2.33. The van der Waals surface area contributed by atoms with Crippen molar-refractivity contribution in [3.8, 4) is 11.3 Å². The zero-order valence-electron chi connectivity index (χ0n) is 12.0. The van der Waals surface area contributed by atoms with Crippen LogP contribution in [-0.2, 0) is 0 Å². The number of rotatable bonds is 6. The molecule has 1 aromatic heterocycles. The average Bonchev–Trinajstić information content (AvgIpc) is 2.93. The zero-order chi connectivity index (χ0) is 15.4. The Balaban J connectivity index is 2.50. The number of carbonyl (C=O) groups is 1. The summed E-state index contributed by atoms with van der Waals surface area (Å²) in [6.07, 6.45) is 4.26. The van der Waals surface area contributed by atoms with Crippen LogP contribution in [0.1, 0.15) is 43.1 Å². The van der Waals surface area contributed by atoms with Gasteiger partial charge in [0.1, 0.15) is 5.69 Å². The van der Waals surface area contributed by atoms with E-state index in [9.17, 15) is 14.9 Å². The summed E-state index contributed by atoms with van der Waals surface area (Å²) in [7, 11) is 0. The Kier molecular flexibility index (Phi) is 4.47. The molecule has 2 aromatic rings. The predicted octanol–water partition coefficient (Wildman–Crippen LogP) is 3.63.